The van der Waals surface area contributed by atoms with E-state index in [1.807, 2.05) is 66.7 Å². The minimum atomic E-state index is -3.54. The summed E-state index contributed by atoms with van der Waals surface area (Å²) >= 11 is 0. The summed E-state index contributed by atoms with van der Waals surface area (Å²) in [6.45, 7) is 0.222. The van der Waals surface area contributed by atoms with E-state index >= 15 is 0 Å². The molecular formula is C29H28N2O3S. The molecule has 1 N–H and O–H groups in total. The SMILES string of the molecule is CS(=O)(=O)N(CCCC(=O)Nc1ccc2c3c(cccc13)CC2)c1ccccc1-c1ccccc1. The summed E-state index contributed by atoms with van der Waals surface area (Å²) in [5, 5.41) is 5.38. The first-order valence-electron chi connectivity index (χ1n) is 11.9. The predicted molar refractivity (Wildman–Crippen MR) is 143 cm³/mol. The molecule has 0 aliphatic heterocycles. The number of nitrogens with zero attached hydrogens (tertiary/aromatic N) is 1. The van der Waals surface area contributed by atoms with Crippen molar-refractivity contribution in [3.05, 3.63) is 96.1 Å². The minimum absolute atomic E-state index is 0.117. The van der Waals surface area contributed by atoms with Gasteiger partial charge in [0.25, 0.3) is 0 Å². The lowest BCUT2D eigenvalue weighted by Gasteiger charge is -2.25. The van der Waals surface area contributed by atoms with Gasteiger partial charge in [0.05, 0.1) is 11.9 Å². The van der Waals surface area contributed by atoms with Gasteiger partial charge in [-0.3, -0.25) is 9.10 Å². The Morgan fingerprint density at radius 3 is 2.34 bits per heavy atom. The molecule has 5 rings (SSSR count). The lowest BCUT2D eigenvalue weighted by Crippen LogP contribution is -2.32. The summed E-state index contributed by atoms with van der Waals surface area (Å²) in [5.41, 5.74) is 5.88. The van der Waals surface area contributed by atoms with Crippen molar-refractivity contribution in [2.45, 2.75) is 25.7 Å². The quantitative estimate of drug-likeness (QED) is 0.344. The first kappa shape index (κ1) is 23.1. The summed E-state index contributed by atoms with van der Waals surface area (Å²) < 4.78 is 26.9. The fraction of sp³-hybridized carbons (Fsp3) is 0.207. The zero-order valence-corrected chi connectivity index (χ0v) is 20.5. The van der Waals surface area contributed by atoms with Gasteiger partial charge >= 0.3 is 0 Å². The molecule has 0 saturated heterocycles. The molecule has 5 nitrogen and oxygen atoms in total. The Kier molecular flexibility index (Phi) is 6.31. The van der Waals surface area contributed by atoms with Gasteiger partial charge in [-0.05, 0) is 53.5 Å². The lowest BCUT2D eigenvalue weighted by atomic mass is 10.0. The molecule has 0 unspecified atom stereocenters. The highest BCUT2D eigenvalue weighted by molar-refractivity contribution is 7.92. The number of hydrogen-bond donors (Lipinski definition) is 1. The maximum atomic E-state index is 12.8. The van der Waals surface area contributed by atoms with E-state index in [1.165, 1.54) is 27.1 Å². The number of anilines is 2. The Hall–Kier alpha value is -3.64. The normalized spacial score (nSPS) is 12.6. The molecule has 6 heteroatoms. The van der Waals surface area contributed by atoms with Crippen LogP contribution in [0.2, 0.25) is 0 Å². The molecule has 1 aliphatic rings. The standard InChI is InChI=1S/C29H28N2O3S/c1-35(33,34)31(27-14-6-5-12-24(27)21-9-3-2-4-10-21)20-8-15-28(32)30-26-19-18-23-17-16-22-11-7-13-25(26)29(22)23/h2-7,9-14,18-19H,8,15-17,20H2,1H3,(H,30,32). The second-order valence-corrected chi connectivity index (χ2v) is 10.9. The van der Waals surface area contributed by atoms with Gasteiger partial charge in [0.15, 0.2) is 0 Å². The van der Waals surface area contributed by atoms with Crippen LogP contribution in [0.4, 0.5) is 11.4 Å². The van der Waals surface area contributed by atoms with Crippen LogP contribution in [0.3, 0.4) is 0 Å². The fourth-order valence-corrected chi connectivity index (χ4v) is 5.95. The van der Waals surface area contributed by atoms with E-state index < -0.39 is 10.0 Å². The van der Waals surface area contributed by atoms with Gasteiger partial charge in [-0.2, -0.15) is 0 Å². The highest BCUT2D eigenvalue weighted by Gasteiger charge is 2.21. The van der Waals surface area contributed by atoms with Crippen LogP contribution in [0.25, 0.3) is 21.9 Å². The van der Waals surface area contributed by atoms with Crippen LogP contribution >= 0.6 is 0 Å². The fourth-order valence-electron chi connectivity index (χ4n) is 4.97. The molecular weight excluding hydrogens is 456 g/mol. The van der Waals surface area contributed by atoms with Crippen molar-refractivity contribution >= 4 is 38.1 Å². The molecule has 0 atom stereocenters. The van der Waals surface area contributed by atoms with Gasteiger partial charge in [-0.25, -0.2) is 8.42 Å². The Bertz CT molecular complexity index is 1490. The largest absolute Gasteiger partial charge is 0.326 e. The second kappa shape index (κ2) is 9.55. The number of sulfonamides is 1. The monoisotopic (exact) mass is 484 g/mol. The van der Waals surface area contributed by atoms with E-state index in [1.54, 1.807) is 0 Å². The highest BCUT2D eigenvalue weighted by atomic mass is 32.2. The smallest absolute Gasteiger partial charge is 0.232 e. The van der Waals surface area contributed by atoms with E-state index in [0.717, 1.165) is 35.0 Å². The van der Waals surface area contributed by atoms with Crippen molar-refractivity contribution in [2.24, 2.45) is 0 Å². The summed E-state index contributed by atoms with van der Waals surface area (Å²) in [4.78, 5) is 12.8. The number of nitrogens with one attached hydrogen (secondary N) is 1. The number of carbonyl (C=O) groups excluding carboxylic acids is 1. The maximum absolute atomic E-state index is 12.8. The Morgan fingerprint density at radius 2 is 1.57 bits per heavy atom. The first-order valence-corrected chi connectivity index (χ1v) is 13.7. The first-order chi connectivity index (χ1) is 16.9. The number of carbonyl (C=O) groups is 1. The van der Waals surface area contributed by atoms with Crippen LogP contribution in [0.1, 0.15) is 24.0 Å². The number of amides is 1. The van der Waals surface area contributed by atoms with Gasteiger partial charge in [0.2, 0.25) is 15.9 Å². The maximum Gasteiger partial charge on any atom is 0.232 e. The van der Waals surface area contributed by atoms with E-state index in [9.17, 15) is 13.2 Å². The van der Waals surface area contributed by atoms with Crippen molar-refractivity contribution in [1.82, 2.24) is 0 Å². The van der Waals surface area contributed by atoms with Crippen molar-refractivity contribution in [2.75, 3.05) is 22.4 Å². The van der Waals surface area contributed by atoms with Crippen LogP contribution in [0.5, 0.6) is 0 Å². The molecule has 0 fully saturated rings. The molecule has 1 amide bonds. The summed E-state index contributed by atoms with van der Waals surface area (Å²) in [6.07, 6.45) is 3.92. The van der Waals surface area contributed by atoms with E-state index in [-0.39, 0.29) is 18.9 Å². The van der Waals surface area contributed by atoms with Crippen LogP contribution < -0.4 is 9.62 Å². The van der Waals surface area contributed by atoms with Gasteiger partial charge in [0.1, 0.15) is 0 Å². The predicted octanol–water partition coefficient (Wildman–Crippen LogP) is 5.79. The van der Waals surface area contributed by atoms with Crippen molar-refractivity contribution in [3.63, 3.8) is 0 Å². The topological polar surface area (TPSA) is 66.5 Å². The average Bonchev–Trinajstić information content (AvgIpc) is 3.28. The van der Waals surface area contributed by atoms with Gasteiger partial charge in [-0.1, -0.05) is 72.8 Å². The van der Waals surface area contributed by atoms with E-state index in [0.29, 0.717) is 12.1 Å². The molecule has 4 aromatic carbocycles. The summed E-state index contributed by atoms with van der Waals surface area (Å²) in [7, 11) is -3.54. The van der Waals surface area contributed by atoms with Gasteiger partial charge in [0, 0.05) is 29.6 Å². The Labute approximate surface area is 206 Å². The molecule has 178 valence electrons. The van der Waals surface area contributed by atoms with Crippen LogP contribution in [0, 0.1) is 0 Å². The third-order valence-electron chi connectivity index (χ3n) is 6.57. The number of rotatable bonds is 8. The Balaban J connectivity index is 1.31. The number of aryl methyl sites for hydroxylation is 2. The molecule has 0 aromatic heterocycles. The average molecular weight is 485 g/mol. The van der Waals surface area contributed by atoms with Gasteiger partial charge in [-0.15, -0.1) is 0 Å². The third kappa shape index (κ3) is 4.80. The second-order valence-electron chi connectivity index (χ2n) is 8.98. The molecule has 35 heavy (non-hydrogen) atoms. The molecule has 4 aromatic rings. The van der Waals surface area contributed by atoms with Gasteiger partial charge < -0.3 is 5.32 Å². The van der Waals surface area contributed by atoms with E-state index in [2.05, 4.69) is 23.5 Å². The Morgan fingerprint density at radius 1 is 0.857 bits per heavy atom. The number of benzene rings is 4. The molecule has 0 heterocycles. The molecule has 0 spiro atoms. The van der Waals surface area contributed by atoms with Crippen molar-refractivity contribution in [3.8, 4) is 11.1 Å². The third-order valence-corrected chi connectivity index (χ3v) is 7.75. The molecule has 0 saturated carbocycles. The van der Waals surface area contributed by atoms with Crippen LogP contribution in [-0.2, 0) is 27.7 Å². The van der Waals surface area contributed by atoms with Crippen LogP contribution in [0.15, 0.2) is 84.9 Å². The van der Waals surface area contributed by atoms with Crippen molar-refractivity contribution < 1.29 is 13.2 Å². The zero-order chi connectivity index (χ0) is 24.4. The molecule has 1 aliphatic carbocycles. The van der Waals surface area contributed by atoms with E-state index in [4.69, 9.17) is 0 Å². The molecule has 0 bridgehead atoms. The number of hydrogen-bond acceptors (Lipinski definition) is 3. The highest BCUT2D eigenvalue weighted by Crippen LogP contribution is 2.35. The van der Waals surface area contributed by atoms with Crippen molar-refractivity contribution in [1.29, 1.82) is 0 Å². The summed E-state index contributed by atoms with van der Waals surface area (Å²) in [6, 6.07) is 27.5. The lowest BCUT2D eigenvalue weighted by molar-refractivity contribution is -0.116. The zero-order valence-electron chi connectivity index (χ0n) is 19.7. The number of para-hydroxylation sites is 1. The van der Waals surface area contributed by atoms with Crippen LogP contribution in [-0.4, -0.2) is 27.1 Å². The minimum Gasteiger partial charge on any atom is -0.326 e. The molecule has 0 radical (unpaired) electrons. The summed E-state index contributed by atoms with van der Waals surface area (Å²) in [5.74, 6) is -0.117.